The number of nitrogens with two attached hydrogens (primary N) is 1. The summed E-state index contributed by atoms with van der Waals surface area (Å²) in [7, 11) is 0. The Bertz CT molecular complexity index is 465. The zero-order chi connectivity index (χ0) is 13.8. The van der Waals surface area contributed by atoms with Gasteiger partial charge in [-0.25, -0.2) is 0 Å². The Balaban J connectivity index is 1.89. The van der Waals surface area contributed by atoms with Crippen LogP contribution in [0.1, 0.15) is 12.5 Å². The predicted octanol–water partition coefficient (Wildman–Crippen LogP) is 1.92. The summed E-state index contributed by atoms with van der Waals surface area (Å²) in [5.74, 6) is 0.583. The third kappa shape index (κ3) is 3.88. The topological polar surface area (TPSA) is 55.6 Å². The maximum absolute atomic E-state index is 12.1. The summed E-state index contributed by atoms with van der Waals surface area (Å²) in [4.78, 5) is 14.9. The molecule has 2 N–H and O–H groups in total. The van der Waals surface area contributed by atoms with E-state index < -0.39 is 0 Å². The minimum absolute atomic E-state index is 0.132. The van der Waals surface area contributed by atoms with Gasteiger partial charge in [-0.05, 0) is 31.5 Å². The minimum Gasteiger partial charge on any atom is -0.398 e. The van der Waals surface area contributed by atoms with E-state index in [9.17, 15) is 4.79 Å². The van der Waals surface area contributed by atoms with Crippen molar-refractivity contribution in [3.8, 4) is 0 Å². The van der Waals surface area contributed by atoms with E-state index in [1.165, 1.54) is 11.8 Å². The third-order valence-corrected chi connectivity index (χ3v) is 4.18. The van der Waals surface area contributed by atoms with Crippen molar-refractivity contribution in [1.82, 2.24) is 4.90 Å². The number of anilines is 1. The van der Waals surface area contributed by atoms with Crippen LogP contribution in [0.3, 0.4) is 0 Å². The van der Waals surface area contributed by atoms with Gasteiger partial charge in [-0.3, -0.25) is 4.79 Å². The molecule has 2 rings (SSSR count). The smallest absolute Gasteiger partial charge is 0.233 e. The normalized spacial score (nSPS) is 19.5. The molecule has 5 heteroatoms. The van der Waals surface area contributed by atoms with Gasteiger partial charge in [0.05, 0.1) is 18.5 Å². The number of hydrogen-bond acceptors (Lipinski definition) is 4. The molecule has 0 radical (unpaired) electrons. The summed E-state index contributed by atoms with van der Waals surface area (Å²) in [6, 6.07) is 5.92. The summed E-state index contributed by atoms with van der Waals surface area (Å²) >= 11 is 1.50. The molecule has 1 aromatic rings. The number of thioether (sulfide) groups is 1. The minimum atomic E-state index is 0.132. The van der Waals surface area contributed by atoms with Gasteiger partial charge in [0.15, 0.2) is 0 Å². The molecule has 1 aliphatic rings. The summed E-state index contributed by atoms with van der Waals surface area (Å²) in [5.41, 5.74) is 7.82. The van der Waals surface area contributed by atoms with Crippen LogP contribution in [-0.4, -0.2) is 42.4 Å². The summed E-state index contributed by atoms with van der Waals surface area (Å²) in [6.07, 6.45) is 0.132. The molecule has 0 saturated carbocycles. The van der Waals surface area contributed by atoms with Gasteiger partial charge >= 0.3 is 0 Å². The molecule has 1 unspecified atom stereocenters. The highest BCUT2D eigenvalue weighted by atomic mass is 32.2. The van der Waals surface area contributed by atoms with Crippen molar-refractivity contribution in [2.75, 3.05) is 31.2 Å². The van der Waals surface area contributed by atoms with Gasteiger partial charge in [0.1, 0.15) is 0 Å². The Morgan fingerprint density at radius 1 is 1.58 bits per heavy atom. The molecule has 0 aliphatic carbocycles. The summed E-state index contributed by atoms with van der Waals surface area (Å²) in [5, 5.41) is 0. The lowest BCUT2D eigenvalue weighted by Crippen LogP contribution is -2.45. The first-order valence-corrected chi connectivity index (χ1v) is 7.43. The Labute approximate surface area is 118 Å². The van der Waals surface area contributed by atoms with E-state index in [-0.39, 0.29) is 12.0 Å². The molecule has 1 aliphatic heterocycles. The van der Waals surface area contributed by atoms with Gasteiger partial charge in [0.25, 0.3) is 0 Å². The Kier molecular flexibility index (Phi) is 4.71. The lowest BCUT2D eigenvalue weighted by molar-refractivity contribution is -0.135. The number of carbonyl (C=O) groups excluding carboxylic acids is 1. The molecule has 1 atom stereocenters. The van der Waals surface area contributed by atoms with E-state index in [1.807, 2.05) is 36.9 Å². The number of nitrogens with zero attached hydrogens (tertiary/aromatic N) is 1. The average Bonchev–Trinajstić information content (AvgIpc) is 2.37. The zero-order valence-corrected chi connectivity index (χ0v) is 12.2. The Morgan fingerprint density at radius 2 is 2.37 bits per heavy atom. The monoisotopic (exact) mass is 280 g/mol. The molecule has 0 spiro atoms. The number of hydrogen-bond donors (Lipinski definition) is 1. The van der Waals surface area contributed by atoms with Gasteiger partial charge in [-0.2, -0.15) is 0 Å². The van der Waals surface area contributed by atoms with Gasteiger partial charge in [0.2, 0.25) is 5.91 Å². The standard InChI is InChI=1S/C14H20N2O2S/c1-10-3-4-13(12(15)7-10)19-9-14(17)16-5-6-18-11(2)8-16/h3-4,7,11H,5-6,8-9,15H2,1-2H3. The Hall–Kier alpha value is -1.20. The molecule has 1 amide bonds. The third-order valence-electron chi connectivity index (χ3n) is 3.11. The molecule has 1 heterocycles. The van der Waals surface area contributed by atoms with Gasteiger partial charge in [-0.1, -0.05) is 6.07 Å². The van der Waals surface area contributed by atoms with Crippen LogP contribution in [0.2, 0.25) is 0 Å². The van der Waals surface area contributed by atoms with Crippen molar-refractivity contribution in [3.05, 3.63) is 23.8 Å². The van der Waals surface area contributed by atoms with Crippen LogP contribution in [-0.2, 0) is 9.53 Å². The fourth-order valence-electron chi connectivity index (χ4n) is 2.08. The molecular formula is C14H20N2O2S. The van der Waals surface area contributed by atoms with E-state index >= 15 is 0 Å². The van der Waals surface area contributed by atoms with Crippen LogP contribution in [0.4, 0.5) is 5.69 Å². The van der Waals surface area contributed by atoms with Crippen molar-refractivity contribution in [2.45, 2.75) is 24.8 Å². The number of morpholine rings is 1. The molecule has 0 aromatic heterocycles. The highest BCUT2D eigenvalue weighted by Gasteiger charge is 2.21. The SMILES string of the molecule is Cc1ccc(SCC(=O)N2CCOC(C)C2)c(N)c1. The van der Waals surface area contributed by atoms with Crippen LogP contribution in [0, 0.1) is 6.92 Å². The lowest BCUT2D eigenvalue weighted by Gasteiger charge is -2.31. The van der Waals surface area contributed by atoms with Gasteiger partial charge in [-0.15, -0.1) is 11.8 Å². The number of benzene rings is 1. The second-order valence-corrected chi connectivity index (χ2v) is 5.87. The first-order chi connectivity index (χ1) is 9.06. The molecule has 1 fully saturated rings. The van der Waals surface area contributed by atoms with Gasteiger partial charge < -0.3 is 15.4 Å². The highest BCUT2D eigenvalue weighted by Crippen LogP contribution is 2.26. The number of rotatable bonds is 3. The second-order valence-electron chi connectivity index (χ2n) is 4.85. The average molecular weight is 280 g/mol. The zero-order valence-electron chi connectivity index (χ0n) is 11.4. The van der Waals surface area contributed by atoms with E-state index in [2.05, 4.69) is 0 Å². The molecule has 104 valence electrons. The Morgan fingerprint density at radius 3 is 3.05 bits per heavy atom. The van der Waals surface area contributed by atoms with Crippen LogP contribution in [0.5, 0.6) is 0 Å². The second kappa shape index (κ2) is 6.30. The molecule has 0 bridgehead atoms. The first kappa shape index (κ1) is 14.2. The van der Waals surface area contributed by atoms with E-state index in [4.69, 9.17) is 10.5 Å². The number of ether oxygens (including phenoxy) is 1. The van der Waals surface area contributed by atoms with E-state index in [0.29, 0.717) is 25.4 Å². The summed E-state index contributed by atoms with van der Waals surface area (Å²) < 4.78 is 5.43. The first-order valence-electron chi connectivity index (χ1n) is 6.44. The molecule has 1 aromatic carbocycles. The van der Waals surface area contributed by atoms with E-state index in [1.54, 1.807) is 0 Å². The van der Waals surface area contributed by atoms with Crippen molar-refractivity contribution in [3.63, 3.8) is 0 Å². The van der Waals surface area contributed by atoms with Crippen molar-refractivity contribution < 1.29 is 9.53 Å². The van der Waals surface area contributed by atoms with Crippen molar-refractivity contribution in [1.29, 1.82) is 0 Å². The maximum atomic E-state index is 12.1. The number of aryl methyl sites for hydroxylation is 1. The fraction of sp³-hybridized carbons (Fsp3) is 0.500. The van der Waals surface area contributed by atoms with Crippen LogP contribution >= 0.6 is 11.8 Å². The quantitative estimate of drug-likeness (QED) is 0.679. The molecule has 19 heavy (non-hydrogen) atoms. The van der Waals surface area contributed by atoms with Gasteiger partial charge in [0, 0.05) is 23.7 Å². The van der Waals surface area contributed by atoms with E-state index in [0.717, 1.165) is 16.1 Å². The summed E-state index contributed by atoms with van der Waals surface area (Å²) in [6.45, 7) is 6.00. The van der Waals surface area contributed by atoms with Crippen LogP contribution in [0.25, 0.3) is 0 Å². The highest BCUT2D eigenvalue weighted by molar-refractivity contribution is 8.00. The van der Waals surface area contributed by atoms with Crippen LogP contribution < -0.4 is 5.73 Å². The van der Waals surface area contributed by atoms with Crippen molar-refractivity contribution >= 4 is 23.4 Å². The van der Waals surface area contributed by atoms with Crippen LogP contribution in [0.15, 0.2) is 23.1 Å². The largest absolute Gasteiger partial charge is 0.398 e. The van der Waals surface area contributed by atoms with Crippen molar-refractivity contribution in [2.24, 2.45) is 0 Å². The fourth-order valence-corrected chi connectivity index (χ4v) is 2.93. The molecule has 1 saturated heterocycles. The number of nitrogen functional groups attached to an aromatic ring is 1. The predicted molar refractivity (Wildman–Crippen MR) is 78.3 cm³/mol. The molecule has 4 nitrogen and oxygen atoms in total. The lowest BCUT2D eigenvalue weighted by atomic mass is 10.2. The maximum Gasteiger partial charge on any atom is 0.233 e. The number of amides is 1. The number of carbonyl (C=O) groups is 1. The molecular weight excluding hydrogens is 260 g/mol.